The van der Waals surface area contributed by atoms with Gasteiger partial charge in [0.05, 0.1) is 12.5 Å². The van der Waals surface area contributed by atoms with Crippen LogP contribution in [0.2, 0.25) is 0 Å². The molecule has 0 spiro atoms. The van der Waals surface area contributed by atoms with Crippen molar-refractivity contribution in [3.05, 3.63) is 0 Å². The van der Waals surface area contributed by atoms with Crippen molar-refractivity contribution >= 4 is 76.9 Å². The lowest BCUT2D eigenvalue weighted by Crippen LogP contribution is -2.60. The Balaban J connectivity index is 6.55. The molecule has 0 heterocycles. The quantitative estimate of drug-likeness (QED) is 0.0172. The minimum atomic E-state index is -1.79. The molecule has 62 heavy (non-hydrogen) atoms. The predicted molar refractivity (Wildman–Crippen MR) is 230 cm³/mol. The number of hydrogen-bond donors (Lipinski definition) is 13. The van der Waals surface area contributed by atoms with Gasteiger partial charge in [0.25, 0.3) is 0 Å². The van der Waals surface area contributed by atoms with Gasteiger partial charge in [-0.1, -0.05) is 27.7 Å². The molecule has 0 saturated carbocycles. The molecule has 0 aromatic rings. The molecule has 0 aromatic heterocycles. The maximum absolute atomic E-state index is 13.9. The van der Waals surface area contributed by atoms with E-state index < -0.39 is 127 Å². The summed E-state index contributed by atoms with van der Waals surface area (Å²) >= 11 is 1.50. The van der Waals surface area contributed by atoms with Crippen LogP contribution in [0.1, 0.15) is 91.9 Å². The van der Waals surface area contributed by atoms with E-state index in [1.165, 1.54) is 11.8 Å². The molecule has 0 aliphatic rings. The first-order valence-electron chi connectivity index (χ1n) is 20.1. The highest BCUT2D eigenvalue weighted by molar-refractivity contribution is 7.98. The van der Waals surface area contributed by atoms with Crippen molar-refractivity contribution in [3.63, 3.8) is 0 Å². The Labute approximate surface area is 365 Å². The molecular weight excluding hydrogens is 835 g/mol. The van der Waals surface area contributed by atoms with E-state index in [1.54, 1.807) is 13.8 Å². The largest absolute Gasteiger partial charge is 0.480 e. The van der Waals surface area contributed by atoms with Crippen molar-refractivity contribution in [2.24, 2.45) is 51.2 Å². The maximum atomic E-state index is 13.9. The second kappa shape index (κ2) is 29.5. The van der Waals surface area contributed by atoms with Gasteiger partial charge in [0.15, 0.2) is 5.96 Å². The second-order valence-electron chi connectivity index (χ2n) is 15.5. The smallest absolute Gasteiger partial charge is 0.326 e. The van der Waals surface area contributed by atoms with Crippen LogP contribution >= 0.6 is 11.8 Å². The second-order valence-corrected chi connectivity index (χ2v) is 16.5. The minimum absolute atomic E-state index is 0.0213. The number of nitrogens with one attached hydrogen (secondary N) is 6. The number of hydrogen-bond acceptors (Lipinski definition) is 13. The summed E-state index contributed by atoms with van der Waals surface area (Å²) in [6.07, 6.45) is -0.105. The Bertz CT molecular complexity index is 1590. The van der Waals surface area contributed by atoms with Crippen LogP contribution in [0.5, 0.6) is 0 Å². The van der Waals surface area contributed by atoms with Crippen LogP contribution in [0.15, 0.2) is 4.99 Å². The van der Waals surface area contributed by atoms with E-state index in [1.807, 2.05) is 20.1 Å². The molecule has 0 rings (SSSR count). The van der Waals surface area contributed by atoms with Crippen molar-refractivity contribution < 1.29 is 53.1 Å². The molecule has 0 aliphatic heterocycles. The third kappa shape index (κ3) is 24.5. The van der Waals surface area contributed by atoms with E-state index in [9.17, 15) is 53.1 Å². The van der Waals surface area contributed by atoms with Crippen LogP contribution in [0.3, 0.4) is 0 Å². The van der Waals surface area contributed by atoms with Crippen molar-refractivity contribution in [1.82, 2.24) is 31.9 Å². The fourth-order valence-electron chi connectivity index (χ4n) is 5.70. The number of aliphatic carboxylic acids is 1. The van der Waals surface area contributed by atoms with Crippen molar-refractivity contribution in [3.8, 4) is 0 Å². The van der Waals surface area contributed by atoms with Gasteiger partial charge in [-0.05, 0) is 68.8 Å². The Morgan fingerprint density at radius 1 is 0.532 bits per heavy atom. The molecule has 0 fully saturated rings. The monoisotopic (exact) mass is 901 g/mol. The summed E-state index contributed by atoms with van der Waals surface area (Å²) in [5.41, 5.74) is 32.6. The third-order valence-electron chi connectivity index (χ3n) is 8.87. The summed E-state index contributed by atoms with van der Waals surface area (Å²) in [4.78, 5) is 132. The lowest BCUT2D eigenvalue weighted by molar-refractivity contribution is -0.143. The molecular formula is C37H67N13O11S. The Hall–Kier alpha value is -5.72. The number of carboxylic acids is 1. The van der Waals surface area contributed by atoms with Gasteiger partial charge >= 0.3 is 5.97 Å². The molecule has 7 atom stereocenters. The van der Waals surface area contributed by atoms with Crippen LogP contribution in [-0.2, 0) is 47.9 Å². The normalized spacial score (nSPS) is 14.4. The molecule has 0 unspecified atom stereocenters. The number of thioether (sulfide) groups is 1. The topological polar surface area (TPSA) is 432 Å². The first-order valence-corrected chi connectivity index (χ1v) is 21.5. The number of aliphatic imine (C=N–C) groups is 1. The number of amides is 9. The number of nitrogens with two attached hydrogens (primary N) is 6. The van der Waals surface area contributed by atoms with Gasteiger partial charge in [-0.25, -0.2) is 4.79 Å². The SMILES string of the molecule is CSCC[C@H](N)C(=O)N[C@@H](CC(C)C)C(=O)N[C@@H](CC(C)C)C(=O)N[C@@H](CCC(N)=O)C(=O)N[C@@H](CC(N)=O)C(=O)N[C@@H](CCCN=C(N)N)C(=O)N[C@@H](CCC(N)=O)C(=O)O. The molecule has 0 radical (unpaired) electrons. The van der Waals surface area contributed by atoms with Gasteiger partial charge in [-0.15, -0.1) is 0 Å². The van der Waals surface area contributed by atoms with Crippen molar-refractivity contribution in [2.45, 2.75) is 134 Å². The molecule has 9 amide bonds. The number of guanidine groups is 1. The van der Waals surface area contributed by atoms with E-state index in [4.69, 9.17) is 34.4 Å². The highest BCUT2D eigenvalue weighted by atomic mass is 32.2. The van der Waals surface area contributed by atoms with Crippen LogP contribution in [-0.4, -0.2) is 131 Å². The van der Waals surface area contributed by atoms with Crippen molar-refractivity contribution in [1.29, 1.82) is 0 Å². The van der Waals surface area contributed by atoms with Crippen LogP contribution in [0, 0.1) is 11.8 Å². The Morgan fingerprint density at radius 2 is 0.919 bits per heavy atom. The third-order valence-corrected chi connectivity index (χ3v) is 9.52. The lowest BCUT2D eigenvalue weighted by Gasteiger charge is -2.28. The van der Waals surface area contributed by atoms with Crippen LogP contribution in [0.4, 0.5) is 0 Å². The zero-order valence-electron chi connectivity index (χ0n) is 36.0. The molecule has 0 aromatic carbocycles. The average Bonchev–Trinajstić information content (AvgIpc) is 3.15. The fraction of sp³-hybridized carbons (Fsp3) is 0.703. The van der Waals surface area contributed by atoms with Gasteiger partial charge < -0.3 is 71.4 Å². The number of carbonyl (C=O) groups excluding carboxylic acids is 9. The summed E-state index contributed by atoms with van der Waals surface area (Å²) in [5, 5.41) is 24.3. The maximum Gasteiger partial charge on any atom is 0.326 e. The van der Waals surface area contributed by atoms with Gasteiger partial charge in [0.1, 0.15) is 36.3 Å². The first-order chi connectivity index (χ1) is 28.9. The summed E-state index contributed by atoms with van der Waals surface area (Å²) in [6, 6.07) is -9.72. The predicted octanol–water partition coefficient (Wildman–Crippen LogP) is -4.39. The molecule has 25 heteroatoms. The Kier molecular flexibility index (Phi) is 26.8. The van der Waals surface area contributed by atoms with Gasteiger partial charge in [-0.2, -0.15) is 11.8 Å². The Morgan fingerprint density at radius 3 is 1.34 bits per heavy atom. The van der Waals surface area contributed by atoms with Crippen molar-refractivity contribution in [2.75, 3.05) is 18.6 Å². The number of primary amides is 3. The molecule has 352 valence electrons. The minimum Gasteiger partial charge on any atom is -0.480 e. The van der Waals surface area contributed by atoms with Gasteiger partial charge in [0.2, 0.25) is 53.2 Å². The van der Waals surface area contributed by atoms with Gasteiger partial charge in [-0.3, -0.25) is 48.1 Å². The van der Waals surface area contributed by atoms with E-state index >= 15 is 0 Å². The summed E-state index contributed by atoms with van der Waals surface area (Å²) < 4.78 is 0. The molecule has 0 saturated heterocycles. The summed E-state index contributed by atoms with van der Waals surface area (Å²) in [6.45, 7) is 7.19. The standard InChI is InChI=1S/C37H67N13O11S/c1-18(2)15-24(48-30(54)20(38)12-14-62-5)34(58)49-25(16-19(3)4)33(57)46-22(8-10-27(39)51)32(56)50-26(17-29(41)53)35(59)45-21(7-6-13-44-37(42)43)31(55)47-23(36(60)61)9-11-28(40)52/h18-26H,6-17,38H2,1-5H3,(H2,39,51)(H2,40,52)(H2,41,53)(H,45,59)(H,46,57)(H,47,55)(H,48,54)(H,49,58)(H,50,56)(H,60,61)(H4,42,43,44)/t20-,21-,22-,23-,24-,25-,26-/m0/s1. The molecule has 0 aliphatic carbocycles. The number of carbonyl (C=O) groups is 10. The number of nitrogens with zero attached hydrogens (tertiary/aromatic N) is 1. The zero-order chi connectivity index (χ0) is 47.7. The molecule has 19 N–H and O–H groups in total. The zero-order valence-corrected chi connectivity index (χ0v) is 36.8. The highest BCUT2D eigenvalue weighted by Gasteiger charge is 2.35. The van der Waals surface area contributed by atoms with E-state index in [-0.39, 0.29) is 56.4 Å². The fourth-order valence-corrected chi connectivity index (χ4v) is 6.19. The first kappa shape index (κ1) is 56.3. The number of carboxylic acid groups (broad SMARTS) is 1. The lowest BCUT2D eigenvalue weighted by atomic mass is 9.99. The molecule has 0 bridgehead atoms. The van der Waals surface area contributed by atoms with Gasteiger partial charge in [0, 0.05) is 19.4 Å². The summed E-state index contributed by atoms with van der Waals surface area (Å²) in [7, 11) is 0. The van der Waals surface area contributed by atoms with E-state index in [2.05, 4.69) is 36.9 Å². The number of rotatable bonds is 32. The summed E-state index contributed by atoms with van der Waals surface area (Å²) in [5.74, 6) is -9.57. The van der Waals surface area contributed by atoms with E-state index in [0.29, 0.717) is 12.2 Å². The van der Waals surface area contributed by atoms with E-state index in [0.717, 1.165) is 0 Å². The molecule has 24 nitrogen and oxygen atoms in total. The van der Waals surface area contributed by atoms with Crippen LogP contribution < -0.4 is 66.3 Å². The van der Waals surface area contributed by atoms with Crippen LogP contribution in [0.25, 0.3) is 0 Å². The highest BCUT2D eigenvalue weighted by Crippen LogP contribution is 2.12. The average molecular weight is 902 g/mol.